The highest BCUT2D eigenvalue weighted by Crippen LogP contribution is 2.30. The molecular weight excluding hydrogens is 370 g/mol. The van der Waals surface area contributed by atoms with Crippen molar-refractivity contribution in [1.82, 2.24) is 15.1 Å². The van der Waals surface area contributed by atoms with Crippen LogP contribution in [0.3, 0.4) is 0 Å². The highest BCUT2D eigenvalue weighted by atomic mass is 16.2. The maximum atomic E-state index is 12.4. The molecule has 2 aliphatic heterocycles. The summed E-state index contributed by atoms with van der Waals surface area (Å²) in [6, 6.07) is 7.72. The van der Waals surface area contributed by atoms with Gasteiger partial charge >= 0.3 is 0 Å². The zero-order chi connectivity index (χ0) is 21.1. The minimum absolute atomic E-state index is 0.0581. The monoisotopic (exact) mass is 395 g/mol. The summed E-state index contributed by atoms with van der Waals surface area (Å²) in [6.07, 6.45) is 4.40. The van der Waals surface area contributed by atoms with Crippen LogP contribution in [0, 0.1) is 6.92 Å². The van der Waals surface area contributed by atoms with Crippen molar-refractivity contribution in [2.45, 2.75) is 19.8 Å². The van der Waals surface area contributed by atoms with E-state index in [1.807, 2.05) is 31.2 Å². The number of rotatable bonds is 5. The van der Waals surface area contributed by atoms with Crippen LogP contribution in [0.15, 0.2) is 53.5 Å². The molecule has 0 saturated heterocycles. The van der Waals surface area contributed by atoms with E-state index in [1.54, 1.807) is 11.0 Å². The first-order valence-corrected chi connectivity index (χ1v) is 9.38. The van der Waals surface area contributed by atoms with Gasteiger partial charge in [-0.2, -0.15) is 0 Å². The lowest BCUT2D eigenvalue weighted by atomic mass is 10.0. The third kappa shape index (κ3) is 4.31. The van der Waals surface area contributed by atoms with Gasteiger partial charge in [-0.1, -0.05) is 29.8 Å². The van der Waals surface area contributed by atoms with E-state index in [-0.39, 0.29) is 30.1 Å². The van der Waals surface area contributed by atoms with Crippen molar-refractivity contribution in [2.75, 3.05) is 20.1 Å². The predicted molar refractivity (Wildman–Crippen MR) is 109 cm³/mol. The SMILES string of the molecule is Cc1ccc(/C(N)=C/C=C(\N)NC(=O)CN2CCCC3=C2C(=O)N(C)C3=O)cc1. The molecule has 0 atom stereocenters. The van der Waals surface area contributed by atoms with Crippen LogP contribution in [0.4, 0.5) is 0 Å². The highest BCUT2D eigenvalue weighted by Gasteiger charge is 2.40. The maximum absolute atomic E-state index is 12.4. The van der Waals surface area contributed by atoms with Crippen LogP contribution >= 0.6 is 0 Å². The Morgan fingerprint density at radius 2 is 1.83 bits per heavy atom. The standard InChI is InChI=1S/C21H25N5O3/c1-13-5-7-14(8-6-13)16(22)9-10-17(23)24-18(27)12-26-11-3-4-15-19(26)21(29)25(2)20(15)28/h5-10H,3-4,11-12,22-23H2,1-2H3,(H,24,27)/b16-9-,17-10+. The molecule has 152 valence electrons. The van der Waals surface area contributed by atoms with Crippen molar-refractivity contribution in [1.29, 1.82) is 0 Å². The van der Waals surface area contributed by atoms with Gasteiger partial charge in [0.1, 0.15) is 11.5 Å². The molecular formula is C21H25N5O3. The summed E-state index contributed by atoms with van der Waals surface area (Å²) in [5.41, 5.74) is 15.2. The fraction of sp³-hybridized carbons (Fsp3) is 0.286. The van der Waals surface area contributed by atoms with Crippen LogP contribution in [-0.2, 0) is 14.4 Å². The minimum Gasteiger partial charge on any atom is -0.398 e. The van der Waals surface area contributed by atoms with Gasteiger partial charge < -0.3 is 21.7 Å². The largest absolute Gasteiger partial charge is 0.398 e. The van der Waals surface area contributed by atoms with Gasteiger partial charge in [-0.15, -0.1) is 0 Å². The fourth-order valence-corrected chi connectivity index (χ4v) is 3.39. The minimum atomic E-state index is -0.371. The number of imide groups is 1. The summed E-state index contributed by atoms with van der Waals surface area (Å²) in [4.78, 5) is 39.5. The molecule has 0 unspecified atom stereocenters. The van der Waals surface area contributed by atoms with Crippen molar-refractivity contribution in [3.05, 3.63) is 64.6 Å². The number of amides is 3. The second kappa shape index (κ2) is 8.22. The Kier molecular flexibility index (Phi) is 5.72. The Morgan fingerprint density at radius 3 is 2.52 bits per heavy atom. The Hall–Kier alpha value is -3.55. The number of carbonyl (C=O) groups is 3. The summed E-state index contributed by atoms with van der Waals surface area (Å²) in [6.45, 7) is 2.46. The van der Waals surface area contributed by atoms with E-state index < -0.39 is 0 Å². The zero-order valence-corrected chi connectivity index (χ0v) is 16.6. The lowest BCUT2D eigenvalue weighted by Gasteiger charge is -2.28. The van der Waals surface area contributed by atoms with Crippen LogP contribution in [0.1, 0.15) is 24.0 Å². The second-order valence-corrected chi connectivity index (χ2v) is 7.18. The van der Waals surface area contributed by atoms with Gasteiger partial charge in [0, 0.05) is 24.9 Å². The van der Waals surface area contributed by atoms with Crippen molar-refractivity contribution >= 4 is 23.4 Å². The average molecular weight is 395 g/mol. The summed E-state index contributed by atoms with van der Waals surface area (Å²) < 4.78 is 0. The van der Waals surface area contributed by atoms with Crippen LogP contribution in [-0.4, -0.2) is 47.7 Å². The van der Waals surface area contributed by atoms with E-state index in [0.29, 0.717) is 36.4 Å². The van der Waals surface area contributed by atoms with Gasteiger partial charge in [0.05, 0.1) is 6.54 Å². The summed E-state index contributed by atoms with van der Waals surface area (Å²) in [7, 11) is 1.45. The van der Waals surface area contributed by atoms with Gasteiger partial charge in [-0.25, -0.2) is 0 Å². The molecule has 0 spiro atoms. The molecule has 3 amide bonds. The van der Waals surface area contributed by atoms with E-state index in [9.17, 15) is 14.4 Å². The van der Waals surface area contributed by atoms with Crippen LogP contribution in [0.2, 0.25) is 0 Å². The summed E-state index contributed by atoms with van der Waals surface area (Å²) in [5.74, 6) is -0.882. The molecule has 0 fully saturated rings. The molecule has 1 aromatic carbocycles. The van der Waals surface area contributed by atoms with Crippen LogP contribution in [0.25, 0.3) is 5.70 Å². The topological polar surface area (TPSA) is 122 Å². The molecule has 0 saturated carbocycles. The molecule has 1 aromatic rings. The van der Waals surface area contributed by atoms with Gasteiger partial charge in [0.25, 0.3) is 11.8 Å². The number of benzene rings is 1. The number of nitrogens with zero attached hydrogens (tertiary/aromatic N) is 2. The van der Waals surface area contributed by atoms with E-state index >= 15 is 0 Å². The van der Waals surface area contributed by atoms with Crippen molar-refractivity contribution in [2.24, 2.45) is 11.5 Å². The lowest BCUT2D eigenvalue weighted by Crippen LogP contribution is -2.41. The normalized spacial score (nSPS) is 17.7. The summed E-state index contributed by atoms with van der Waals surface area (Å²) in [5, 5.41) is 2.59. The van der Waals surface area contributed by atoms with Gasteiger partial charge in [-0.3, -0.25) is 19.3 Å². The van der Waals surface area contributed by atoms with Gasteiger partial charge in [0.15, 0.2) is 0 Å². The Balaban J connectivity index is 1.63. The molecule has 5 N–H and O–H groups in total. The average Bonchev–Trinajstić information content (AvgIpc) is 2.91. The molecule has 0 aromatic heterocycles. The number of nitrogens with two attached hydrogens (primary N) is 2. The first kappa shape index (κ1) is 20.2. The molecule has 8 heteroatoms. The molecule has 0 radical (unpaired) electrons. The Morgan fingerprint density at radius 1 is 1.14 bits per heavy atom. The molecule has 0 aliphatic carbocycles. The van der Waals surface area contributed by atoms with E-state index in [0.717, 1.165) is 16.0 Å². The maximum Gasteiger partial charge on any atom is 0.277 e. The van der Waals surface area contributed by atoms with E-state index in [4.69, 9.17) is 11.5 Å². The van der Waals surface area contributed by atoms with Gasteiger partial charge in [0.2, 0.25) is 5.91 Å². The third-order valence-corrected chi connectivity index (χ3v) is 4.97. The Labute approximate surface area is 169 Å². The van der Waals surface area contributed by atoms with Crippen molar-refractivity contribution in [3.8, 4) is 0 Å². The van der Waals surface area contributed by atoms with E-state index in [2.05, 4.69) is 5.32 Å². The number of hydrogen-bond donors (Lipinski definition) is 3. The number of hydrogen-bond acceptors (Lipinski definition) is 6. The number of allylic oxidation sites excluding steroid dienone is 2. The van der Waals surface area contributed by atoms with Crippen molar-refractivity contribution < 1.29 is 14.4 Å². The first-order valence-electron chi connectivity index (χ1n) is 9.38. The molecule has 0 bridgehead atoms. The quantitative estimate of drug-likeness (QED) is 0.495. The zero-order valence-electron chi connectivity index (χ0n) is 16.6. The van der Waals surface area contributed by atoms with Gasteiger partial charge in [-0.05, 0) is 37.5 Å². The molecule has 29 heavy (non-hydrogen) atoms. The molecule has 8 nitrogen and oxygen atoms in total. The number of aryl methyl sites for hydroxylation is 1. The number of likely N-dealkylation sites (N-methyl/N-ethyl adjacent to an activating group) is 1. The molecule has 2 aliphatic rings. The van der Waals surface area contributed by atoms with E-state index in [1.165, 1.54) is 13.1 Å². The second-order valence-electron chi connectivity index (χ2n) is 7.18. The van der Waals surface area contributed by atoms with Crippen molar-refractivity contribution in [3.63, 3.8) is 0 Å². The highest BCUT2D eigenvalue weighted by molar-refractivity contribution is 6.19. The van der Waals surface area contributed by atoms with Crippen LogP contribution in [0.5, 0.6) is 0 Å². The predicted octanol–water partition coefficient (Wildman–Crippen LogP) is 0.559. The Bertz CT molecular complexity index is 944. The third-order valence-electron chi connectivity index (χ3n) is 4.97. The first-order chi connectivity index (χ1) is 13.8. The smallest absolute Gasteiger partial charge is 0.277 e. The number of nitrogens with one attached hydrogen (secondary N) is 1. The number of carbonyl (C=O) groups excluding carboxylic acids is 3. The molecule has 2 heterocycles. The lowest BCUT2D eigenvalue weighted by molar-refractivity contribution is -0.136. The van der Waals surface area contributed by atoms with Crippen LogP contribution < -0.4 is 16.8 Å². The summed E-state index contributed by atoms with van der Waals surface area (Å²) >= 11 is 0. The fourth-order valence-electron chi connectivity index (χ4n) is 3.39. The molecule has 3 rings (SSSR count).